The number of nitrogens with zero attached hydrogens (tertiary/aromatic N) is 3. The maximum atomic E-state index is 13.5. The molecular formula is C33H37N5O. The van der Waals surface area contributed by atoms with Crippen molar-refractivity contribution >= 4 is 28.6 Å². The molecule has 0 radical (unpaired) electrons. The van der Waals surface area contributed by atoms with Crippen LogP contribution in [-0.2, 0) is 11.2 Å². The molecule has 6 heteroatoms. The molecule has 1 amide bonds. The van der Waals surface area contributed by atoms with Crippen LogP contribution in [0, 0.1) is 5.41 Å². The number of hydrogen-bond acceptors (Lipinski definition) is 5. The van der Waals surface area contributed by atoms with Crippen LogP contribution in [0.1, 0.15) is 49.1 Å². The molecule has 1 heterocycles. The number of fused-ring (bicyclic) bond motifs is 1. The number of carbonyl (C=O) groups is 1. The van der Waals surface area contributed by atoms with Crippen LogP contribution in [0.2, 0.25) is 0 Å². The average molecular weight is 520 g/mol. The third-order valence-corrected chi connectivity index (χ3v) is 8.63. The largest absolute Gasteiger partial charge is 0.362 e. The second-order valence-corrected chi connectivity index (χ2v) is 11.5. The van der Waals surface area contributed by atoms with Crippen molar-refractivity contribution in [1.82, 2.24) is 15.3 Å². The summed E-state index contributed by atoms with van der Waals surface area (Å²) in [6.07, 6.45) is 6.09. The zero-order valence-electron chi connectivity index (χ0n) is 22.8. The molecule has 3 aromatic carbocycles. The third-order valence-electron chi connectivity index (χ3n) is 8.63. The number of anilines is 2. The predicted octanol–water partition coefficient (Wildman–Crippen LogP) is 5.95. The van der Waals surface area contributed by atoms with E-state index in [0.717, 1.165) is 54.4 Å². The lowest BCUT2D eigenvalue weighted by atomic mass is 9.82. The summed E-state index contributed by atoms with van der Waals surface area (Å²) in [6.45, 7) is 0. The van der Waals surface area contributed by atoms with E-state index >= 15 is 0 Å². The second-order valence-electron chi connectivity index (χ2n) is 11.5. The Hall–Kier alpha value is -3.93. The normalized spacial score (nSPS) is 22.8. The molecule has 2 fully saturated rings. The predicted molar refractivity (Wildman–Crippen MR) is 158 cm³/mol. The molecule has 2 unspecified atom stereocenters. The highest BCUT2D eigenvalue weighted by atomic mass is 16.1. The fraction of sp³-hybridized carbons (Fsp3) is 0.364. The van der Waals surface area contributed by atoms with Crippen LogP contribution in [0.3, 0.4) is 0 Å². The van der Waals surface area contributed by atoms with E-state index in [1.807, 2.05) is 73.6 Å². The van der Waals surface area contributed by atoms with E-state index in [1.165, 1.54) is 5.56 Å². The number of nitrogens with one attached hydrogen (secondary N) is 2. The standard InChI is InChI=1S/C33H37N5O/c1-38(2)30-26-15-9-10-16-28(26)35-32(37-30)36-29-22-33(29)19-17-25(18-20-33)34-31(39)27(24-13-7-4-8-14-24)21-23-11-5-3-6-12-23/h3-16,25,27,29H,17-22H2,1-2H3,(H,34,39)(H,35,36,37). The van der Waals surface area contributed by atoms with Crippen molar-refractivity contribution in [3.05, 3.63) is 96.1 Å². The van der Waals surface area contributed by atoms with Gasteiger partial charge in [0.1, 0.15) is 5.82 Å². The lowest BCUT2D eigenvalue weighted by Crippen LogP contribution is -2.41. The van der Waals surface area contributed by atoms with E-state index in [4.69, 9.17) is 9.97 Å². The first-order valence-corrected chi connectivity index (χ1v) is 14.1. The van der Waals surface area contributed by atoms with Crippen molar-refractivity contribution < 1.29 is 4.79 Å². The van der Waals surface area contributed by atoms with E-state index in [9.17, 15) is 4.79 Å². The highest BCUT2D eigenvalue weighted by Crippen LogP contribution is 2.57. The van der Waals surface area contributed by atoms with Gasteiger partial charge in [0, 0.05) is 31.6 Å². The molecule has 39 heavy (non-hydrogen) atoms. The van der Waals surface area contributed by atoms with Crippen LogP contribution in [0.5, 0.6) is 0 Å². The fourth-order valence-electron chi connectivity index (χ4n) is 6.26. The van der Waals surface area contributed by atoms with Crippen molar-refractivity contribution in [2.45, 2.75) is 56.5 Å². The third kappa shape index (κ3) is 5.47. The monoisotopic (exact) mass is 519 g/mol. The molecule has 0 saturated heterocycles. The van der Waals surface area contributed by atoms with Gasteiger partial charge in [-0.2, -0.15) is 4.98 Å². The number of aromatic nitrogens is 2. The van der Waals surface area contributed by atoms with Gasteiger partial charge in [0.2, 0.25) is 11.9 Å². The van der Waals surface area contributed by atoms with Gasteiger partial charge in [0.05, 0.1) is 11.4 Å². The summed E-state index contributed by atoms with van der Waals surface area (Å²) in [7, 11) is 4.05. The Kier molecular flexibility index (Phi) is 6.94. The van der Waals surface area contributed by atoms with E-state index in [0.29, 0.717) is 18.4 Å². The van der Waals surface area contributed by atoms with Gasteiger partial charge in [0.15, 0.2) is 0 Å². The Morgan fingerprint density at radius 2 is 1.59 bits per heavy atom. The highest BCUT2D eigenvalue weighted by Gasteiger charge is 2.55. The smallest absolute Gasteiger partial charge is 0.228 e. The first-order valence-electron chi connectivity index (χ1n) is 14.1. The van der Waals surface area contributed by atoms with Crippen LogP contribution in [0.15, 0.2) is 84.9 Å². The number of carbonyl (C=O) groups excluding carboxylic acids is 1. The van der Waals surface area contributed by atoms with Gasteiger partial charge in [-0.15, -0.1) is 0 Å². The number of para-hydroxylation sites is 1. The average Bonchev–Trinajstić information content (AvgIpc) is 3.63. The van der Waals surface area contributed by atoms with Crippen LogP contribution in [0.25, 0.3) is 10.9 Å². The quantitative estimate of drug-likeness (QED) is 0.301. The molecule has 0 aliphatic heterocycles. The lowest BCUT2D eigenvalue weighted by molar-refractivity contribution is -0.123. The summed E-state index contributed by atoms with van der Waals surface area (Å²) in [5, 5.41) is 8.13. The van der Waals surface area contributed by atoms with Gasteiger partial charge >= 0.3 is 0 Å². The second kappa shape index (κ2) is 10.7. The van der Waals surface area contributed by atoms with Crippen molar-refractivity contribution in [3.8, 4) is 0 Å². The minimum atomic E-state index is -0.184. The molecule has 1 aromatic heterocycles. The Bertz CT molecular complexity index is 1430. The molecule has 2 aliphatic rings. The van der Waals surface area contributed by atoms with Gasteiger partial charge in [-0.05, 0) is 67.2 Å². The number of rotatable bonds is 8. The minimum Gasteiger partial charge on any atom is -0.362 e. The summed E-state index contributed by atoms with van der Waals surface area (Å²) < 4.78 is 0. The number of benzene rings is 3. The van der Waals surface area contributed by atoms with E-state index in [1.54, 1.807) is 0 Å². The Morgan fingerprint density at radius 1 is 0.923 bits per heavy atom. The van der Waals surface area contributed by atoms with Gasteiger partial charge in [-0.1, -0.05) is 72.8 Å². The molecule has 2 saturated carbocycles. The lowest BCUT2D eigenvalue weighted by Gasteiger charge is -2.31. The molecule has 2 N–H and O–H groups in total. The summed E-state index contributed by atoms with van der Waals surface area (Å²) in [5.74, 6) is 1.60. The van der Waals surface area contributed by atoms with E-state index in [2.05, 4.69) is 41.0 Å². The molecule has 2 atom stereocenters. The van der Waals surface area contributed by atoms with Crippen molar-refractivity contribution in [2.24, 2.45) is 5.41 Å². The van der Waals surface area contributed by atoms with Gasteiger partial charge in [0.25, 0.3) is 0 Å². The van der Waals surface area contributed by atoms with Crippen molar-refractivity contribution in [2.75, 3.05) is 24.3 Å². The van der Waals surface area contributed by atoms with Gasteiger partial charge in [-0.3, -0.25) is 4.79 Å². The maximum Gasteiger partial charge on any atom is 0.228 e. The molecule has 6 nitrogen and oxygen atoms in total. The van der Waals surface area contributed by atoms with Crippen molar-refractivity contribution in [3.63, 3.8) is 0 Å². The fourth-order valence-corrected chi connectivity index (χ4v) is 6.26. The van der Waals surface area contributed by atoms with Gasteiger partial charge < -0.3 is 15.5 Å². The first kappa shape index (κ1) is 25.4. The number of amides is 1. The first-order chi connectivity index (χ1) is 19.0. The summed E-state index contributed by atoms with van der Waals surface area (Å²) in [4.78, 5) is 25.2. The molecule has 0 bridgehead atoms. The molecule has 2 aliphatic carbocycles. The van der Waals surface area contributed by atoms with Gasteiger partial charge in [-0.25, -0.2) is 4.98 Å². The van der Waals surface area contributed by atoms with Crippen LogP contribution in [-0.4, -0.2) is 42.1 Å². The Morgan fingerprint density at radius 3 is 2.31 bits per heavy atom. The molecule has 200 valence electrons. The zero-order chi connectivity index (χ0) is 26.8. The van der Waals surface area contributed by atoms with Crippen LogP contribution in [0.4, 0.5) is 11.8 Å². The summed E-state index contributed by atoms with van der Waals surface area (Å²) in [6, 6.07) is 29.3. The zero-order valence-corrected chi connectivity index (χ0v) is 22.8. The number of hydrogen-bond donors (Lipinski definition) is 2. The van der Waals surface area contributed by atoms with E-state index in [-0.39, 0.29) is 23.3 Å². The van der Waals surface area contributed by atoms with Crippen LogP contribution < -0.4 is 15.5 Å². The molecule has 1 spiro atoms. The maximum absolute atomic E-state index is 13.5. The Labute approximate surface area is 230 Å². The topological polar surface area (TPSA) is 70.2 Å². The minimum absolute atomic E-state index is 0.136. The molecule has 4 aromatic rings. The van der Waals surface area contributed by atoms with E-state index < -0.39 is 0 Å². The summed E-state index contributed by atoms with van der Waals surface area (Å²) >= 11 is 0. The van der Waals surface area contributed by atoms with Crippen LogP contribution >= 0.6 is 0 Å². The molecular weight excluding hydrogens is 482 g/mol. The highest BCUT2D eigenvalue weighted by molar-refractivity contribution is 5.90. The summed E-state index contributed by atoms with van der Waals surface area (Å²) in [5.41, 5.74) is 3.51. The molecule has 6 rings (SSSR count). The van der Waals surface area contributed by atoms with Crippen molar-refractivity contribution in [1.29, 1.82) is 0 Å². The SMILES string of the molecule is CN(C)c1nc(NC2CC23CCC(NC(=O)C(Cc2ccccc2)c2ccccc2)CC3)nc2ccccc12. The Balaban J connectivity index is 1.08.